The number of nitrogens with two attached hydrogens (primary N) is 1. The molecule has 0 aromatic heterocycles. The van der Waals surface area contributed by atoms with E-state index in [0.717, 1.165) is 6.07 Å². The summed E-state index contributed by atoms with van der Waals surface area (Å²) in [5.41, 5.74) is 5.45. The maximum absolute atomic E-state index is 12.1. The van der Waals surface area contributed by atoms with Gasteiger partial charge in [-0.3, -0.25) is 0 Å². The molecule has 1 unspecified atom stereocenters. The quantitative estimate of drug-likeness (QED) is 0.637. The van der Waals surface area contributed by atoms with E-state index in [1.165, 1.54) is 19.2 Å². The molecule has 0 fully saturated rings. The molecule has 0 aliphatic rings. The van der Waals surface area contributed by atoms with Crippen molar-refractivity contribution in [1.82, 2.24) is 4.72 Å². The zero-order valence-corrected chi connectivity index (χ0v) is 12.1. The summed E-state index contributed by atoms with van der Waals surface area (Å²) in [5, 5.41) is 8.81. The lowest BCUT2D eigenvalue weighted by atomic mass is 10.2. The Morgan fingerprint density at radius 2 is 2.15 bits per heavy atom. The minimum absolute atomic E-state index is 0.0612. The number of hydrogen-bond acceptors (Lipinski definition) is 5. The van der Waals surface area contributed by atoms with E-state index < -0.39 is 16.0 Å². The predicted molar refractivity (Wildman–Crippen MR) is 74.1 cm³/mol. The van der Waals surface area contributed by atoms with Crippen molar-refractivity contribution >= 4 is 21.7 Å². The van der Waals surface area contributed by atoms with E-state index in [0.29, 0.717) is 13.0 Å². The molecule has 0 bridgehead atoms. The fourth-order valence-electron chi connectivity index (χ4n) is 1.61. The van der Waals surface area contributed by atoms with Gasteiger partial charge in [-0.2, -0.15) is 0 Å². The molecule has 0 spiro atoms. The number of carboxylic acid groups (broad SMARTS) is 1. The molecule has 0 aliphatic heterocycles. The summed E-state index contributed by atoms with van der Waals surface area (Å²) in [6, 6.07) is 3.19. The molecule has 7 nitrogen and oxygen atoms in total. The van der Waals surface area contributed by atoms with Crippen LogP contribution in [0.25, 0.3) is 0 Å². The first-order valence-corrected chi connectivity index (χ1v) is 7.40. The number of benzene rings is 1. The SMILES string of the molecule is COCCC(C)NS(=O)(=O)c1ccc(C(=O)O)cc1N. The number of hydrogen-bond donors (Lipinski definition) is 3. The maximum atomic E-state index is 12.1. The standard InChI is InChI=1S/C12H18N2O5S/c1-8(5-6-19-2)14-20(17,18)11-4-3-9(12(15)16)7-10(11)13/h3-4,7-8,14H,5-6,13H2,1-2H3,(H,15,16). The van der Waals surface area contributed by atoms with Crippen LogP contribution in [0.15, 0.2) is 23.1 Å². The first-order valence-electron chi connectivity index (χ1n) is 5.92. The molecule has 0 radical (unpaired) electrons. The number of carbonyl (C=O) groups is 1. The number of carboxylic acids is 1. The topological polar surface area (TPSA) is 119 Å². The third-order valence-electron chi connectivity index (χ3n) is 2.66. The fraction of sp³-hybridized carbons (Fsp3) is 0.417. The molecular weight excluding hydrogens is 284 g/mol. The second-order valence-electron chi connectivity index (χ2n) is 4.36. The lowest BCUT2D eigenvalue weighted by Gasteiger charge is -2.15. The van der Waals surface area contributed by atoms with Crippen LogP contribution in [0.5, 0.6) is 0 Å². The van der Waals surface area contributed by atoms with Crippen LogP contribution in [0.2, 0.25) is 0 Å². The van der Waals surface area contributed by atoms with Crippen LogP contribution in [-0.2, 0) is 14.8 Å². The van der Waals surface area contributed by atoms with Crippen molar-refractivity contribution in [3.63, 3.8) is 0 Å². The van der Waals surface area contributed by atoms with Gasteiger partial charge in [0.05, 0.1) is 11.3 Å². The number of anilines is 1. The van der Waals surface area contributed by atoms with E-state index in [2.05, 4.69) is 4.72 Å². The molecular formula is C12H18N2O5S. The van der Waals surface area contributed by atoms with Crippen molar-refractivity contribution in [1.29, 1.82) is 0 Å². The van der Waals surface area contributed by atoms with Crippen molar-refractivity contribution in [2.45, 2.75) is 24.3 Å². The van der Waals surface area contributed by atoms with Gasteiger partial charge in [-0.25, -0.2) is 17.9 Å². The Morgan fingerprint density at radius 3 is 2.65 bits per heavy atom. The average molecular weight is 302 g/mol. The first kappa shape index (κ1) is 16.4. The van der Waals surface area contributed by atoms with Gasteiger partial charge in [0, 0.05) is 19.8 Å². The van der Waals surface area contributed by atoms with E-state index in [9.17, 15) is 13.2 Å². The molecule has 1 aromatic rings. The van der Waals surface area contributed by atoms with Gasteiger partial charge >= 0.3 is 5.97 Å². The van der Waals surface area contributed by atoms with Crippen molar-refractivity contribution in [3.8, 4) is 0 Å². The molecule has 8 heteroatoms. The Bertz CT molecular complexity index is 586. The molecule has 1 aromatic carbocycles. The van der Waals surface area contributed by atoms with Crippen LogP contribution in [-0.4, -0.2) is 39.3 Å². The van der Waals surface area contributed by atoms with Crippen molar-refractivity contribution in [2.75, 3.05) is 19.5 Å². The minimum Gasteiger partial charge on any atom is -0.478 e. The highest BCUT2D eigenvalue weighted by molar-refractivity contribution is 7.89. The summed E-state index contributed by atoms with van der Waals surface area (Å²) in [5.74, 6) is -1.16. The average Bonchev–Trinajstić information content (AvgIpc) is 2.35. The molecule has 0 saturated carbocycles. The van der Waals surface area contributed by atoms with Crippen molar-refractivity contribution < 1.29 is 23.1 Å². The monoisotopic (exact) mass is 302 g/mol. The second kappa shape index (κ2) is 6.69. The highest BCUT2D eigenvalue weighted by atomic mass is 32.2. The smallest absolute Gasteiger partial charge is 0.335 e. The van der Waals surface area contributed by atoms with Crippen LogP contribution in [0.4, 0.5) is 5.69 Å². The maximum Gasteiger partial charge on any atom is 0.335 e. The summed E-state index contributed by atoms with van der Waals surface area (Å²) < 4.78 is 31.6. The van der Waals surface area contributed by atoms with Gasteiger partial charge in [0.15, 0.2) is 0 Å². The normalized spacial score (nSPS) is 13.1. The molecule has 0 amide bonds. The molecule has 0 heterocycles. The molecule has 20 heavy (non-hydrogen) atoms. The molecule has 112 valence electrons. The Kier molecular flexibility index (Phi) is 5.49. The Labute approximate surface area is 117 Å². The summed E-state index contributed by atoms with van der Waals surface area (Å²) in [6.45, 7) is 2.13. The zero-order chi connectivity index (χ0) is 15.3. The first-order chi connectivity index (χ1) is 9.27. The number of ether oxygens (including phenoxy) is 1. The van der Waals surface area contributed by atoms with Crippen LogP contribution in [0.3, 0.4) is 0 Å². The number of aromatic carboxylic acids is 1. The van der Waals surface area contributed by atoms with Gasteiger partial charge < -0.3 is 15.6 Å². The van der Waals surface area contributed by atoms with E-state index in [1.54, 1.807) is 6.92 Å². The number of sulfonamides is 1. The van der Waals surface area contributed by atoms with E-state index >= 15 is 0 Å². The Morgan fingerprint density at radius 1 is 1.50 bits per heavy atom. The van der Waals surface area contributed by atoms with Crippen molar-refractivity contribution in [2.24, 2.45) is 0 Å². The second-order valence-corrected chi connectivity index (χ2v) is 6.04. The minimum atomic E-state index is -3.79. The molecule has 4 N–H and O–H groups in total. The largest absolute Gasteiger partial charge is 0.478 e. The number of methoxy groups -OCH3 is 1. The fourth-order valence-corrected chi connectivity index (χ4v) is 3.00. The Hall–Kier alpha value is -1.64. The summed E-state index contributed by atoms with van der Waals surface area (Å²) >= 11 is 0. The van der Waals surface area contributed by atoms with Gasteiger partial charge in [-0.15, -0.1) is 0 Å². The van der Waals surface area contributed by atoms with Crippen LogP contribution < -0.4 is 10.5 Å². The lowest BCUT2D eigenvalue weighted by molar-refractivity contribution is 0.0697. The molecule has 1 rings (SSSR count). The lowest BCUT2D eigenvalue weighted by Crippen LogP contribution is -2.33. The third kappa shape index (κ3) is 4.19. The van der Waals surface area contributed by atoms with Crippen LogP contribution in [0, 0.1) is 0 Å². The number of nitrogen functional groups attached to an aromatic ring is 1. The number of rotatable bonds is 7. The predicted octanol–water partition coefficient (Wildman–Crippen LogP) is 0.670. The van der Waals surface area contributed by atoms with Crippen LogP contribution >= 0.6 is 0 Å². The third-order valence-corrected chi connectivity index (χ3v) is 4.32. The van der Waals surface area contributed by atoms with Gasteiger partial charge in [0.1, 0.15) is 4.90 Å². The van der Waals surface area contributed by atoms with Gasteiger partial charge in [-0.05, 0) is 31.5 Å². The zero-order valence-electron chi connectivity index (χ0n) is 11.3. The molecule has 0 aliphatic carbocycles. The van der Waals surface area contributed by atoms with E-state index in [1.807, 2.05) is 0 Å². The summed E-state index contributed by atoms with van der Waals surface area (Å²) in [6.07, 6.45) is 0.517. The van der Waals surface area contributed by atoms with Crippen molar-refractivity contribution in [3.05, 3.63) is 23.8 Å². The summed E-state index contributed by atoms with van der Waals surface area (Å²) in [7, 11) is -2.25. The highest BCUT2D eigenvalue weighted by Crippen LogP contribution is 2.20. The molecule has 0 saturated heterocycles. The van der Waals surface area contributed by atoms with Gasteiger partial charge in [-0.1, -0.05) is 0 Å². The highest BCUT2D eigenvalue weighted by Gasteiger charge is 2.20. The number of nitrogens with one attached hydrogen (secondary N) is 1. The van der Waals surface area contributed by atoms with Crippen LogP contribution in [0.1, 0.15) is 23.7 Å². The van der Waals surface area contributed by atoms with E-state index in [-0.39, 0.29) is 22.2 Å². The Balaban J connectivity index is 2.95. The van der Waals surface area contributed by atoms with E-state index in [4.69, 9.17) is 15.6 Å². The van der Waals surface area contributed by atoms with Gasteiger partial charge in [0.25, 0.3) is 0 Å². The molecule has 1 atom stereocenters. The summed E-state index contributed by atoms with van der Waals surface area (Å²) in [4.78, 5) is 10.6. The van der Waals surface area contributed by atoms with Gasteiger partial charge in [0.2, 0.25) is 10.0 Å².